The van der Waals surface area contributed by atoms with Crippen LogP contribution in [0.3, 0.4) is 0 Å². The summed E-state index contributed by atoms with van der Waals surface area (Å²) < 4.78 is 7.09. The number of hydrogen-bond donors (Lipinski definition) is 0. The van der Waals surface area contributed by atoms with E-state index in [4.69, 9.17) is 4.74 Å². The molecule has 1 aromatic carbocycles. The molecule has 0 saturated carbocycles. The molecule has 0 N–H and O–H groups in total. The van der Waals surface area contributed by atoms with Crippen LogP contribution in [-0.4, -0.2) is 20.7 Å². The van der Waals surface area contributed by atoms with E-state index in [1.807, 2.05) is 41.2 Å². The number of rotatable bonds is 5. The van der Waals surface area contributed by atoms with E-state index >= 15 is 0 Å². The van der Waals surface area contributed by atoms with Gasteiger partial charge in [0.05, 0.1) is 16.9 Å². The van der Waals surface area contributed by atoms with Crippen molar-refractivity contribution in [3.63, 3.8) is 0 Å². The van der Waals surface area contributed by atoms with Gasteiger partial charge in [0.2, 0.25) is 0 Å². The van der Waals surface area contributed by atoms with Gasteiger partial charge in [-0.1, -0.05) is 0 Å². The van der Waals surface area contributed by atoms with Gasteiger partial charge in [-0.3, -0.25) is 0 Å². The van der Waals surface area contributed by atoms with E-state index < -0.39 is 0 Å². The summed E-state index contributed by atoms with van der Waals surface area (Å²) in [5.74, 6) is -0.364. The van der Waals surface area contributed by atoms with Crippen LogP contribution >= 0.6 is 22.7 Å². The number of hydrogen-bond acceptors (Lipinski definition) is 6. The number of nitrogens with zero attached hydrogens (tertiary/aromatic N) is 3. The second kappa shape index (κ2) is 7.00. The molecule has 0 aliphatic rings. The first-order valence-electron chi connectivity index (χ1n) is 7.54. The number of thiophene rings is 1. The molecule has 0 amide bonds. The molecule has 0 atom stereocenters. The van der Waals surface area contributed by atoms with Gasteiger partial charge < -0.3 is 4.74 Å². The molecule has 3 aromatic heterocycles. The summed E-state index contributed by atoms with van der Waals surface area (Å²) >= 11 is 3.18. The first-order valence-corrected chi connectivity index (χ1v) is 9.36. The molecule has 25 heavy (non-hydrogen) atoms. The van der Waals surface area contributed by atoms with Crippen molar-refractivity contribution in [1.29, 1.82) is 0 Å². The minimum Gasteiger partial charge on any atom is -0.456 e. The molecule has 0 fully saturated rings. The van der Waals surface area contributed by atoms with Crippen molar-refractivity contribution in [3.05, 3.63) is 76.2 Å². The summed E-state index contributed by atoms with van der Waals surface area (Å²) in [4.78, 5) is 16.7. The van der Waals surface area contributed by atoms with Gasteiger partial charge in [0.1, 0.15) is 11.6 Å². The van der Waals surface area contributed by atoms with E-state index in [1.165, 1.54) is 0 Å². The molecule has 0 unspecified atom stereocenters. The summed E-state index contributed by atoms with van der Waals surface area (Å²) in [5, 5.41) is 11.1. The number of carbonyl (C=O) groups excluding carboxylic acids is 1. The van der Waals surface area contributed by atoms with E-state index in [2.05, 4.69) is 15.5 Å². The van der Waals surface area contributed by atoms with E-state index in [0.29, 0.717) is 5.56 Å². The minimum atomic E-state index is -0.364. The topological polar surface area (TPSA) is 57.0 Å². The van der Waals surface area contributed by atoms with Crippen LogP contribution in [0.1, 0.15) is 16.1 Å². The molecule has 5 nitrogen and oxygen atoms in total. The Hall–Kier alpha value is -2.77. The maximum Gasteiger partial charge on any atom is 0.338 e. The van der Waals surface area contributed by atoms with Crippen molar-refractivity contribution in [2.45, 2.75) is 6.61 Å². The Morgan fingerprint density at radius 2 is 2.04 bits per heavy atom. The van der Waals surface area contributed by atoms with Crippen LogP contribution < -0.4 is 0 Å². The van der Waals surface area contributed by atoms with Crippen molar-refractivity contribution in [3.8, 4) is 16.3 Å². The van der Waals surface area contributed by atoms with Gasteiger partial charge in [-0.25, -0.2) is 14.5 Å². The summed E-state index contributed by atoms with van der Waals surface area (Å²) in [6.45, 7) is 0.167. The number of aromatic nitrogens is 3. The average Bonchev–Trinajstić information content (AvgIpc) is 3.42. The summed E-state index contributed by atoms with van der Waals surface area (Å²) in [6.07, 6.45) is 3.56. The van der Waals surface area contributed by atoms with E-state index in [9.17, 15) is 4.79 Å². The van der Waals surface area contributed by atoms with Crippen LogP contribution in [0.4, 0.5) is 0 Å². The number of benzene rings is 1. The molecule has 0 radical (unpaired) electrons. The highest BCUT2D eigenvalue weighted by Gasteiger charge is 2.10. The quantitative estimate of drug-likeness (QED) is 0.490. The van der Waals surface area contributed by atoms with E-state index in [0.717, 1.165) is 22.0 Å². The van der Waals surface area contributed by atoms with Crippen LogP contribution in [-0.2, 0) is 11.3 Å². The second-order valence-corrected chi connectivity index (χ2v) is 6.87. The Balaban J connectivity index is 1.39. The van der Waals surface area contributed by atoms with Gasteiger partial charge in [0, 0.05) is 28.7 Å². The Bertz CT molecular complexity index is 958. The van der Waals surface area contributed by atoms with Crippen molar-refractivity contribution in [2.75, 3.05) is 0 Å². The lowest BCUT2D eigenvalue weighted by atomic mass is 10.2. The summed E-state index contributed by atoms with van der Waals surface area (Å²) in [5.41, 5.74) is 3.25. The molecule has 4 rings (SSSR count). The number of carbonyl (C=O) groups is 1. The predicted octanol–water partition coefficient (Wildman–Crippen LogP) is 4.41. The van der Waals surface area contributed by atoms with Gasteiger partial charge in [-0.15, -0.1) is 11.3 Å². The van der Waals surface area contributed by atoms with E-state index in [-0.39, 0.29) is 12.6 Å². The fourth-order valence-corrected chi connectivity index (χ4v) is 3.80. The van der Waals surface area contributed by atoms with Crippen molar-refractivity contribution in [1.82, 2.24) is 14.8 Å². The lowest BCUT2D eigenvalue weighted by Gasteiger charge is -2.05. The van der Waals surface area contributed by atoms with Gasteiger partial charge in [0.15, 0.2) is 0 Å². The third-order valence-corrected chi connectivity index (χ3v) is 5.17. The first-order chi connectivity index (χ1) is 12.3. The smallest absolute Gasteiger partial charge is 0.338 e. The van der Waals surface area contributed by atoms with Crippen LogP contribution in [0.2, 0.25) is 0 Å². The van der Waals surface area contributed by atoms with Crippen LogP contribution in [0.15, 0.2) is 64.9 Å². The maximum atomic E-state index is 12.2. The molecule has 4 aromatic rings. The molecule has 124 valence electrons. The predicted molar refractivity (Wildman–Crippen MR) is 98.1 cm³/mol. The highest BCUT2D eigenvalue weighted by molar-refractivity contribution is 7.14. The number of thiazole rings is 1. The van der Waals surface area contributed by atoms with Gasteiger partial charge >= 0.3 is 5.97 Å². The first kappa shape index (κ1) is 15.7. The summed E-state index contributed by atoms with van der Waals surface area (Å²) in [7, 11) is 0. The normalized spacial score (nSPS) is 10.7. The molecule has 0 saturated heterocycles. The molecule has 3 heterocycles. The molecule has 0 aliphatic heterocycles. The monoisotopic (exact) mass is 367 g/mol. The summed E-state index contributed by atoms with van der Waals surface area (Å²) in [6, 6.07) is 11.0. The second-order valence-electron chi connectivity index (χ2n) is 5.23. The Morgan fingerprint density at radius 1 is 1.16 bits per heavy atom. The van der Waals surface area contributed by atoms with E-state index in [1.54, 1.807) is 45.7 Å². The van der Waals surface area contributed by atoms with Gasteiger partial charge in [0.25, 0.3) is 0 Å². The standard InChI is InChI=1S/C18H13N3O2S2/c22-18(13-2-4-16(5-3-13)21-8-1-7-19-21)23-10-15-12-25-17(20-15)14-6-9-24-11-14/h1-9,11-12H,10H2. The highest BCUT2D eigenvalue weighted by Crippen LogP contribution is 2.26. The minimum absolute atomic E-state index is 0.167. The molecule has 7 heteroatoms. The zero-order chi connectivity index (χ0) is 17.1. The van der Waals surface area contributed by atoms with Crippen LogP contribution in [0, 0.1) is 0 Å². The van der Waals surface area contributed by atoms with Crippen molar-refractivity contribution in [2.24, 2.45) is 0 Å². The number of ether oxygens (including phenoxy) is 1. The molecular formula is C18H13N3O2S2. The lowest BCUT2D eigenvalue weighted by Crippen LogP contribution is -2.06. The Kier molecular flexibility index (Phi) is 4.41. The fraction of sp³-hybridized carbons (Fsp3) is 0.0556. The largest absolute Gasteiger partial charge is 0.456 e. The van der Waals surface area contributed by atoms with Gasteiger partial charge in [-0.2, -0.15) is 16.4 Å². The maximum absolute atomic E-state index is 12.2. The number of esters is 1. The molecule has 0 spiro atoms. The van der Waals surface area contributed by atoms with Crippen molar-refractivity contribution >= 4 is 28.6 Å². The van der Waals surface area contributed by atoms with Crippen LogP contribution in [0.5, 0.6) is 0 Å². The molecule has 0 aliphatic carbocycles. The lowest BCUT2D eigenvalue weighted by molar-refractivity contribution is 0.0468. The SMILES string of the molecule is O=C(OCc1csc(-c2ccsc2)n1)c1ccc(-n2cccn2)cc1. The molecular weight excluding hydrogens is 354 g/mol. The Morgan fingerprint density at radius 3 is 2.76 bits per heavy atom. The van der Waals surface area contributed by atoms with Crippen LogP contribution in [0.25, 0.3) is 16.3 Å². The zero-order valence-electron chi connectivity index (χ0n) is 13.0. The van der Waals surface area contributed by atoms with Gasteiger partial charge in [-0.05, 0) is 41.8 Å². The zero-order valence-corrected chi connectivity index (χ0v) is 14.7. The van der Waals surface area contributed by atoms with Crippen molar-refractivity contribution < 1.29 is 9.53 Å². The third-order valence-electron chi connectivity index (χ3n) is 3.54. The molecule has 0 bridgehead atoms. The fourth-order valence-electron chi connectivity index (χ4n) is 2.29. The highest BCUT2D eigenvalue weighted by atomic mass is 32.1. The third kappa shape index (κ3) is 3.52. The Labute approximate surface area is 152 Å². The average molecular weight is 367 g/mol.